The van der Waals surface area contributed by atoms with Crippen LogP contribution in [0.5, 0.6) is 0 Å². The zero-order valence-corrected chi connectivity index (χ0v) is 12.9. The normalized spacial score (nSPS) is 26.5. The maximum Gasteiger partial charge on any atom is 0.332 e. The third-order valence-corrected chi connectivity index (χ3v) is 3.63. The van der Waals surface area contributed by atoms with Gasteiger partial charge in [0.25, 0.3) is 5.56 Å². The molecule has 20 heavy (non-hydrogen) atoms. The second kappa shape index (κ2) is 6.20. The van der Waals surface area contributed by atoms with Crippen molar-refractivity contribution in [2.24, 2.45) is 7.05 Å². The molecule has 1 saturated heterocycles. The van der Waals surface area contributed by atoms with Gasteiger partial charge in [0.15, 0.2) is 0 Å². The smallest absolute Gasteiger partial charge is 0.332 e. The number of hydrogen-bond acceptors (Lipinski definition) is 5. The van der Waals surface area contributed by atoms with Crippen molar-refractivity contribution in [1.82, 2.24) is 9.13 Å². The fourth-order valence-electron chi connectivity index (χ4n) is 2.15. The first-order valence-electron chi connectivity index (χ1n) is 6.03. The van der Waals surface area contributed by atoms with Crippen LogP contribution in [0.3, 0.4) is 0 Å². The van der Waals surface area contributed by atoms with Crippen LogP contribution in [0.4, 0.5) is 0 Å². The van der Waals surface area contributed by atoms with Crippen LogP contribution in [0.15, 0.2) is 19.9 Å². The Kier molecular flexibility index (Phi) is 4.78. The summed E-state index contributed by atoms with van der Waals surface area (Å²) in [7, 11) is 1.39. The second-order valence-electron chi connectivity index (χ2n) is 4.55. The predicted octanol–water partition coefficient (Wildman–Crippen LogP) is -0.407. The summed E-state index contributed by atoms with van der Waals surface area (Å²) < 4.78 is 9.37. The van der Waals surface area contributed by atoms with E-state index in [2.05, 4.69) is 0 Å². The second-order valence-corrected chi connectivity index (χ2v) is 5.27. The lowest BCUT2D eigenvalue weighted by molar-refractivity contribution is -0.0462. The number of halogens is 1. The van der Waals surface area contributed by atoms with Gasteiger partial charge in [0.2, 0.25) is 0 Å². The minimum Gasteiger partial charge on any atom is -0.394 e. The molecule has 0 bridgehead atoms. The Morgan fingerprint density at radius 1 is 1.55 bits per heavy atom. The van der Waals surface area contributed by atoms with Crippen molar-refractivity contribution < 1.29 is 14.9 Å². The van der Waals surface area contributed by atoms with Crippen LogP contribution >= 0.6 is 22.6 Å². The summed E-state index contributed by atoms with van der Waals surface area (Å²) in [6.45, 7) is -0.321. The van der Waals surface area contributed by atoms with Crippen LogP contribution in [0.2, 0.25) is 0 Å². The van der Waals surface area contributed by atoms with E-state index in [1.165, 1.54) is 17.8 Å². The van der Waals surface area contributed by atoms with Gasteiger partial charge >= 0.3 is 5.69 Å². The van der Waals surface area contributed by atoms with E-state index < -0.39 is 29.7 Å². The molecule has 0 saturated carbocycles. The third-order valence-electron chi connectivity index (χ3n) is 3.27. The van der Waals surface area contributed by atoms with Crippen molar-refractivity contribution in [3.8, 4) is 0 Å². The van der Waals surface area contributed by atoms with Crippen LogP contribution in [0.1, 0.15) is 18.2 Å². The van der Waals surface area contributed by atoms with Gasteiger partial charge in [-0.2, -0.15) is 0 Å². The molecule has 1 aliphatic rings. The number of hydrogen-bond donors (Lipinski definition) is 2. The average molecular weight is 394 g/mol. The molecule has 3 atom stereocenters. The summed E-state index contributed by atoms with van der Waals surface area (Å²) in [5.41, 5.74) is -0.556. The highest BCUT2D eigenvalue weighted by atomic mass is 127. The van der Waals surface area contributed by atoms with Crippen LogP contribution in [0.25, 0.3) is 6.08 Å². The average Bonchev–Trinajstić information content (AvgIpc) is 2.80. The molecule has 7 nitrogen and oxygen atoms in total. The van der Waals surface area contributed by atoms with E-state index in [0.717, 1.165) is 4.57 Å². The topological polar surface area (TPSA) is 93.7 Å². The minimum atomic E-state index is -0.835. The molecule has 0 aliphatic carbocycles. The summed E-state index contributed by atoms with van der Waals surface area (Å²) in [6.07, 6.45) is 0.953. The molecule has 110 valence electrons. The Balaban J connectivity index is 2.48. The van der Waals surface area contributed by atoms with E-state index in [1.54, 1.807) is 10.2 Å². The molecule has 1 fully saturated rings. The molecule has 0 amide bonds. The maximum absolute atomic E-state index is 12.1. The van der Waals surface area contributed by atoms with E-state index in [4.69, 9.17) is 9.84 Å². The lowest BCUT2D eigenvalue weighted by Gasteiger charge is -2.16. The van der Waals surface area contributed by atoms with Gasteiger partial charge in [-0.15, -0.1) is 0 Å². The van der Waals surface area contributed by atoms with Crippen molar-refractivity contribution in [2.75, 3.05) is 6.61 Å². The number of nitrogens with zero attached hydrogens (tertiary/aromatic N) is 2. The summed E-state index contributed by atoms with van der Waals surface area (Å²) >= 11 is 1.98. The van der Waals surface area contributed by atoms with Gasteiger partial charge < -0.3 is 14.9 Å². The van der Waals surface area contributed by atoms with Crippen LogP contribution in [-0.2, 0) is 11.8 Å². The molecule has 1 aliphatic heterocycles. The first kappa shape index (κ1) is 15.4. The fraction of sp³-hybridized carbons (Fsp3) is 0.500. The Bertz CT molecular complexity index is 636. The monoisotopic (exact) mass is 394 g/mol. The van der Waals surface area contributed by atoms with Gasteiger partial charge in [0, 0.05) is 19.7 Å². The molecule has 8 heteroatoms. The number of aromatic nitrogens is 2. The van der Waals surface area contributed by atoms with Crippen LogP contribution < -0.4 is 11.2 Å². The van der Waals surface area contributed by atoms with Gasteiger partial charge in [-0.05, 0) is 10.2 Å². The summed E-state index contributed by atoms with van der Waals surface area (Å²) in [6, 6.07) is 0. The number of rotatable bonds is 3. The van der Waals surface area contributed by atoms with E-state index in [0.29, 0.717) is 5.56 Å². The molecule has 1 aromatic heterocycles. The molecule has 2 N–H and O–H groups in total. The quantitative estimate of drug-likeness (QED) is 0.681. The highest BCUT2D eigenvalue weighted by molar-refractivity contribution is 14.1. The van der Waals surface area contributed by atoms with Crippen molar-refractivity contribution in [1.29, 1.82) is 0 Å². The standard InChI is InChI=1S/C12H15IN2O5/c1-14-11(18)7(2-3-13)5-15(12(14)19)10-4-8(17)9(6-16)20-10/h2-3,5,8-10,16-17H,4,6H2,1H3/b3-2+/t8-,9+,10+/m0/s1. The zero-order valence-electron chi connectivity index (χ0n) is 10.8. The van der Waals surface area contributed by atoms with Gasteiger partial charge in [-0.1, -0.05) is 22.6 Å². The summed E-state index contributed by atoms with van der Waals surface area (Å²) in [5, 5.41) is 18.8. The molecule has 2 heterocycles. The van der Waals surface area contributed by atoms with Gasteiger partial charge in [-0.25, -0.2) is 4.79 Å². The lowest BCUT2D eigenvalue weighted by Crippen LogP contribution is -2.40. The lowest BCUT2D eigenvalue weighted by atomic mass is 10.2. The molecular formula is C12H15IN2O5. The van der Waals surface area contributed by atoms with Gasteiger partial charge in [-0.3, -0.25) is 13.9 Å². The molecule has 2 rings (SSSR count). The minimum absolute atomic E-state index is 0.191. The Labute approximate surface area is 128 Å². The highest BCUT2D eigenvalue weighted by Crippen LogP contribution is 2.27. The van der Waals surface area contributed by atoms with Crippen LogP contribution in [-0.4, -0.2) is 38.2 Å². The molecule has 0 unspecified atom stereocenters. The van der Waals surface area contributed by atoms with Crippen molar-refractivity contribution in [2.45, 2.75) is 24.9 Å². The van der Waals surface area contributed by atoms with Crippen molar-refractivity contribution in [3.05, 3.63) is 36.7 Å². The SMILES string of the molecule is Cn1c(=O)c(/C=C/I)cn([C@H]2C[C@H](O)[C@@H](CO)O2)c1=O. The fourth-order valence-corrected chi connectivity index (χ4v) is 2.54. The predicted molar refractivity (Wildman–Crippen MR) is 80.6 cm³/mol. The van der Waals surface area contributed by atoms with Crippen molar-refractivity contribution in [3.63, 3.8) is 0 Å². The summed E-state index contributed by atoms with van der Waals surface area (Å²) in [5.74, 6) is 0. The number of aliphatic hydroxyl groups is 2. The largest absolute Gasteiger partial charge is 0.394 e. The van der Waals surface area contributed by atoms with Gasteiger partial charge in [0.1, 0.15) is 12.3 Å². The first-order chi connectivity index (χ1) is 9.49. The Morgan fingerprint density at radius 2 is 2.25 bits per heavy atom. The number of ether oxygens (including phenoxy) is 1. The molecule has 0 spiro atoms. The molecular weight excluding hydrogens is 379 g/mol. The summed E-state index contributed by atoms with van der Waals surface area (Å²) in [4.78, 5) is 24.0. The van der Waals surface area contributed by atoms with Gasteiger partial charge in [0.05, 0.1) is 18.3 Å². The van der Waals surface area contributed by atoms with E-state index in [-0.39, 0.29) is 13.0 Å². The van der Waals surface area contributed by atoms with Crippen LogP contribution in [0, 0.1) is 0 Å². The first-order valence-corrected chi connectivity index (χ1v) is 7.27. The van der Waals surface area contributed by atoms with Crippen molar-refractivity contribution >= 4 is 28.7 Å². The Morgan fingerprint density at radius 3 is 2.80 bits per heavy atom. The van der Waals surface area contributed by atoms with E-state index in [9.17, 15) is 14.7 Å². The highest BCUT2D eigenvalue weighted by Gasteiger charge is 2.35. The number of aliphatic hydroxyl groups excluding tert-OH is 2. The van der Waals surface area contributed by atoms with E-state index >= 15 is 0 Å². The molecule has 1 aromatic rings. The van der Waals surface area contributed by atoms with E-state index in [1.807, 2.05) is 22.6 Å². The maximum atomic E-state index is 12.1. The molecule has 0 radical (unpaired) electrons. The third kappa shape index (κ3) is 2.73. The Hall–Kier alpha value is -0.970. The molecule has 0 aromatic carbocycles. The zero-order chi connectivity index (χ0) is 14.9.